The van der Waals surface area contributed by atoms with Crippen molar-refractivity contribution in [2.24, 2.45) is 5.73 Å². The fourth-order valence-electron chi connectivity index (χ4n) is 2.67. The number of nitrogens with two attached hydrogens (primary N) is 1. The average Bonchev–Trinajstić information content (AvgIpc) is 2.93. The summed E-state index contributed by atoms with van der Waals surface area (Å²) in [6.45, 7) is 1.47. The molecular formula is C15H19N3O. The van der Waals surface area contributed by atoms with Gasteiger partial charge in [-0.2, -0.15) is 0 Å². The highest BCUT2D eigenvalue weighted by molar-refractivity contribution is 5.43. The number of imidazole rings is 1. The number of rotatable bonds is 4. The van der Waals surface area contributed by atoms with Crippen LogP contribution in [0.3, 0.4) is 0 Å². The third-order valence-electron chi connectivity index (χ3n) is 3.68. The molecule has 0 saturated heterocycles. The maximum Gasteiger partial charge on any atom is 0.122 e. The van der Waals surface area contributed by atoms with Crippen LogP contribution in [0.4, 0.5) is 0 Å². The summed E-state index contributed by atoms with van der Waals surface area (Å²) < 4.78 is 7.94. The molecule has 0 radical (unpaired) electrons. The Balaban J connectivity index is 1.69. The van der Waals surface area contributed by atoms with Gasteiger partial charge in [-0.3, -0.25) is 0 Å². The van der Waals surface area contributed by atoms with Gasteiger partial charge in [-0.25, -0.2) is 4.98 Å². The van der Waals surface area contributed by atoms with E-state index in [2.05, 4.69) is 11.1 Å². The molecule has 1 aromatic heterocycles. The van der Waals surface area contributed by atoms with Gasteiger partial charge in [-0.1, -0.05) is 12.1 Å². The fraction of sp³-hybridized carbons (Fsp3) is 0.400. The number of nitrogens with zero attached hydrogens (tertiary/aromatic N) is 2. The van der Waals surface area contributed by atoms with E-state index < -0.39 is 0 Å². The van der Waals surface area contributed by atoms with Crippen LogP contribution in [0.1, 0.15) is 30.0 Å². The predicted octanol–water partition coefficient (Wildman–Crippen LogP) is 2.30. The van der Waals surface area contributed by atoms with E-state index in [0.717, 1.165) is 31.6 Å². The Morgan fingerprint density at radius 1 is 1.42 bits per heavy atom. The summed E-state index contributed by atoms with van der Waals surface area (Å²) in [5.74, 6) is 0.993. The molecule has 0 saturated carbocycles. The molecule has 4 heteroatoms. The largest absolute Gasteiger partial charge is 0.491 e. The molecule has 2 aromatic rings. The van der Waals surface area contributed by atoms with Crippen LogP contribution in [0.2, 0.25) is 0 Å². The summed E-state index contributed by atoms with van der Waals surface area (Å²) in [4.78, 5) is 4.02. The number of fused-ring (bicyclic) bond motifs is 1. The summed E-state index contributed by atoms with van der Waals surface area (Å²) in [5.41, 5.74) is 8.71. The van der Waals surface area contributed by atoms with Gasteiger partial charge in [0.2, 0.25) is 0 Å². The SMILES string of the molecule is NC1CCCc2c(OCCn3ccnc3)cccc21. The molecule has 0 aliphatic heterocycles. The van der Waals surface area contributed by atoms with Gasteiger partial charge in [-0.05, 0) is 36.5 Å². The minimum absolute atomic E-state index is 0.168. The lowest BCUT2D eigenvalue weighted by molar-refractivity contribution is 0.293. The van der Waals surface area contributed by atoms with Crippen LogP contribution in [0.15, 0.2) is 36.9 Å². The molecular weight excluding hydrogens is 238 g/mol. The normalized spacial score (nSPS) is 18.1. The van der Waals surface area contributed by atoms with Crippen molar-refractivity contribution >= 4 is 0 Å². The minimum Gasteiger partial charge on any atom is -0.491 e. The first-order chi connectivity index (χ1) is 9.34. The summed E-state index contributed by atoms with van der Waals surface area (Å²) in [6.07, 6.45) is 8.83. The summed E-state index contributed by atoms with van der Waals surface area (Å²) in [6, 6.07) is 6.38. The molecule has 1 aliphatic carbocycles. The number of hydrogen-bond acceptors (Lipinski definition) is 3. The van der Waals surface area contributed by atoms with Crippen LogP contribution in [0, 0.1) is 0 Å². The first-order valence-corrected chi connectivity index (χ1v) is 6.80. The maximum absolute atomic E-state index is 6.15. The Morgan fingerprint density at radius 3 is 3.21 bits per heavy atom. The van der Waals surface area contributed by atoms with E-state index in [1.807, 2.05) is 22.9 Å². The van der Waals surface area contributed by atoms with Crippen LogP contribution >= 0.6 is 0 Å². The van der Waals surface area contributed by atoms with Crippen molar-refractivity contribution in [1.82, 2.24) is 9.55 Å². The first-order valence-electron chi connectivity index (χ1n) is 6.80. The van der Waals surface area contributed by atoms with Crippen LogP contribution < -0.4 is 10.5 Å². The van der Waals surface area contributed by atoms with E-state index in [4.69, 9.17) is 10.5 Å². The van der Waals surface area contributed by atoms with Crippen molar-refractivity contribution in [3.8, 4) is 5.75 Å². The number of aromatic nitrogens is 2. The van der Waals surface area contributed by atoms with Crippen molar-refractivity contribution in [1.29, 1.82) is 0 Å². The van der Waals surface area contributed by atoms with E-state index >= 15 is 0 Å². The lowest BCUT2D eigenvalue weighted by Gasteiger charge is -2.24. The van der Waals surface area contributed by atoms with Gasteiger partial charge in [0.15, 0.2) is 0 Å². The quantitative estimate of drug-likeness (QED) is 0.914. The topological polar surface area (TPSA) is 53.1 Å². The fourth-order valence-corrected chi connectivity index (χ4v) is 2.67. The molecule has 1 heterocycles. The molecule has 0 spiro atoms. The molecule has 100 valence electrons. The van der Waals surface area contributed by atoms with E-state index in [9.17, 15) is 0 Å². The van der Waals surface area contributed by atoms with Crippen molar-refractivity contribution < 1.29 is 4.74 Å². The van der Waals surface area contributed by atoms with E-state index in [0.29, 0.717) is 6.61 Å². The van der Waals surface area contributed by atoms with Crippen LogP contribution in [-0.2, 0) is 13.0 Å². The maximum atomic E-state index is 6.15. The molecule has 19 heavy (non-hydrogen) atoms. The van der Waals surface area contributed by atoms with Gasteiger partial charge in [0, 0.05) is 18.4 Å². The van der Waals surface area contributed by atoms with Gasteiger partial charge in [0.05, 0.1) is 12.9 Å². The molecule has 3 rings (SSSR count). The number of benzene rings is 1. The van der Waals surface area contributed by atoms with Gasteiger partial charge in [0.25, 0.3) is 0 Å². The van der Waals surface area contributed by atoms with E-state index in [1.54, 1.807) is 12.5 Å². The van der Waals surface area contributed by atoms with E-state index in [-0.39, 0.29) is 6.04 Å². The second-order valence-electron chi connectivity index (χ2n) is 4.97. The lowest BCUT2D eigenvalue weighted by atomic mass is 9.88. The standard InChI is InChI=1S/C15H19N3O/c16-14-5-1-4-13-12(14)3-2-6-15(13)19-10-9-18-8-7-17-11-18/h2-3,6-8,11,14H,1,4-5,9-10,16H2. The molecule has 0 amide bonds. The molecule has 1 atom stereocenters. The van der Waals surface area contributed by atoms with Crippen LogP contribution in [0.5, 0.6) is 5.75 Å². The summed E-state index contributed by atoms with van der Waals surface area (Å²) in [5, 5.41) is 0. The zero-order valence-electron chi connectivity index (χ0n) is 11.0. The number of ether oxygens (including phenoxy) is 1. The third-order valence-corrected chi connectivity index (χ3v) is 3.68. The Kier molecular flexibility index (Phi) is 3.51. The summed E-state index contributed by atoms with van der Waals surface area (Å²) in [7, 11) is 0. The lowest BCUT2D eigenvalue weighted by Crippen LogP contribution is -2.18. The number of hydrogen-bond donors (Lipinski definition) is 1. The summed E-state index contributed by atoms with van der Waals surface area (Å²) >= 11 is 0. The van der Waals surface area contributed by atoms with Crippen molar-refractivity contribution in [2.45, 2.75) is 31.8 Å². The van der Waals surface area contributed by atoms with Gasteiger partial charge >= 0.3 is 0 Å². The van der Waals surface area contributed by atoms with Crippen LogP contribution in [-0.4, -0.2) is 16.2 Å². The van der Waals surface area contributed by atoms with Crippen molar-refractivity contribution in [3.63, 3.8) is 0 Å². The second kappa shape index (κ2) is 5.45. The molecule has 1 aromatic carbocycles. The first kappa shape index (κ1) is 12.2. The third kappa shape index (κ3) is 2.63. The highest BCUT2D eigenvalue weighted by Gasteiger charge is 2.19. The van der Waals surface area contributed by atoms with E-state index in [1.165, 1.54) is 11.1 Å². The highest BCUT2D eigenvalue weighted by Crippen LogP contribution is 2.33. The molecule has 1 aliphatic rings. The van der Waals surface area contributed by atoms with Crippen molar-refractivity contribution in [2.75, 3.05) is 6.61 Å². The van der Waals surface area contributed by atoms with Crippen molar-refractivity contribution in [3.05, 3.63) is 48.0 Å². The molecule has 0 bridgehead atoms. The highest BCUT2D eigenvalue weighted by atomic mass is 16.5. The minimum atomic E-state index is 0.168. The van der Waals surface area contributed by atoms with Gasteiger partial charge in [0.1, 0.15) is 12.4 Å². The van der Waals surface area contributed by atoms with Crippen LogP contribution in [0.25, 0.3) is 0 Å². The second-order valence-corrected chi connectivity index (χ2v) is 4.97. The molecule has 1 unspecified atom stereocenters. The van der Waals surface area contributed by atoms with Gasteiger partial charge < -0.3 is 15.0 Å². The Hall–Kier alpha value is -1.81. The smallest absolute Gasteiger partial charge is 0.122 e. The molecule has 0 fully saturated rings. The molecule has 2 N–H and O–H groups in total. The Morgan fingerprint density at radius 2 is 2.37 bits per heavy atom. The average molecular weight is 257 g/mol. The predicted molar refractivity (Wildman–Crippen MR) is 74.0 cm³/mol. The van der Waals surface area contributed by atoms with Gasteiger partial charge in [-0.15, -0.1) is 0 Å². The Labute approximate surface area is 113 Å². The Bertz CT molecular complexity index is 536. The zero-order valence-corrected chi connectivity index (χ0v) is 11.0. The zero-order chi connectivity index (χ0) is 13.1. The monoisotopic (exact) mass is 257 g/mol. The molecule has 4 nitrogen and oxygen atoms in total.